The van der Waals surface area contributed by atoms with Crippen LogP contribution >= 0.6 is 11.6 Å². The average molecular weight is 347 g/mol. The zero-order valence-electron chi connectivity index (χ0n) is 13.0. The Bertz CT molecular complexity index is 594. The molecule has 1 N–H and O–H groups in total. The van der Waals surface area contributed by atoms with E-state index in [9.17, 15) is 8.42 Å². The van der Waals surface area contributed by atoms with Crippen molar-refractivity contribution in [2.45, 2.75) is 25.5 Å². The molecule has 1 aliphatic heterocycles. The molecule has 0 aromatic heterocycles. The van der Waals surface area contributed by atoms with Gasteiger partial charge in [-0.3, -0.25) is 4.90 Å². The van der Waals surface area contributed by atoms with Gasteiger partial charge < -0.3 is 4.74 Å². The van der Waals surface area contributed by atoms with E-state index in [0.29, 0.717) is 18.1 Å². The topological polar surface area (TPSA) is 58.6 Å². The number of hydrogen-bond donors (Lipinski definition) is 1. The van der Waals surface area contributed by atoms with E-state index < -0.39 is 10.0 Å². The van der Waals surface area contributed by atoms with Crippen LogP contribution in [-0.2, 0) is 14.8 Å². The summed E-state index contributed by atoms with van der Waals surface area (Å²) < 4.78 is 31.2. The predicted octanol–water partition coefficient (Wildman–Crippen LogP) is 2.04. The van der Waals surface area contributed by atoms with E-state index in [-0.39, 0.29) is 17.9 Å². The maximum absolute atomic E-state index is 11.5. The van der Waals surface area contributed by atoms with Crippen LogP contribution in [0.25, 0.3) is 0 Å². The number of ether oxygens (including phenoxy) is 1. The lowest BCUT2D eigenvalue weighted by Gasteiger charge is -2.38. The fraction of sp³-hybridized carbons (Fsp3) is 0.600. The highest BCUT2D eigenvalue weighted by atomic mass is 35.5. The molecule has 0 saturated carbocycles. The van der Waals surface area contributed by atoms with Crippen molar-refractivity contribution >= 4 is 21.6 Å². The van der Waals surface area contributed by atoms with Gasteiger partial charge in [-0.05, 0) is 44.6 Å². The van der Waals surface area contributed by atoms with Crippen LogP contribution in [0.5, 0.6) is 0 Å². The second-order valence-electron chi connectivity index (χ2n) is 5.60. The fourth-order valence-electron chi connectivity index (χ4n) is 2.59. The Hall–Kier alpha value is -0.660. The number of morpholine rings is 1. The van der Waals surface area contributed by atoms with Crippen molar-refractivity contribution in [1.29, 1.82) is 0 Å². The standard InChI is InChI=1S/C15H23ClN2O3S/c1-12-11-21-15(13-5-3-6-14(16)9-13)10-18(12)7-4-8-22(19,20)17-2/h3,5-6,9,12,15,17H,4,7-8,10-11H2,1-2H3/t12-,15-/m1/s1. The van der Waals surface area contributed by atoms with Crippen LogP contribution in [0.2, 0.25) is 5.02 Å². The molecule has 1 saturated heterocycles. The van der Waals surface area contributed by atoms with E-state index in [1.165, 1.54) is 7.05 Å². The van der Waals surface area contributed by atoms with E-state index in [1.807, 2.05) is 24.3 Å². The molecule has 1 aromatic carbocycles. The van der Waals surface area contributed by atoms with Crippen molar-refractivity contribution < 1.29 is 13.2 Å². The molecule has 1 heterocycles. The van der Waals surface area contributed by atoms with Crippen molar-refractivity contribution in [2.75, 3.05) is 32.5 Å². The van der Waals surface area contributed by atoms with Gasteiger partial charge in [-0.15, -0.1) is 0 Å². The van der Waals surface area contributed by atoms with E-state index in [4.69, 9.17) is 16.3 Å². The minimum Gasteiger partial charge on any atom is -0.371 e. The fourth-order valence-corrected chi connectivity index (χ4v) is 3.50. The largest absolute Gasteiger partial charge is 0.371 e. The molecular formula is C15H23ClN2O3S. The van der Waals surface area contributed by atoms with Crippen LogP contribution in [0, 0.1) is 0 Å². The molecule has 1 fully saturated rings. The first-order valence-corrected chi connectivity index (χ1v) is 9.46. The molecule has 0 aliphatic carbocycles. The summed E-state index contributed by atoms with van der Waals surface area (Å²) in [5, 5.41) is 0.700. The van der Waals surface area contributed by atoms with Crippen LogP contribution in [-0.4, -0.2) is 51.9 Å². The maximum Gasteiger partial charge on any atom is 0.211 e. The smallest absolute Gasteiger partial charge is 0.211 e. The molecule has 0 bridgehead atoms. The van der Waals surface area contributed by atoms with Crippen LogP contribution in [0.3, 0.4) is 0 Å². The SMILES string of the molecule is CNS(=O)(=O)CCCN1C[C@H](c2cccc(Cl)c2)OC[C@H]1C. The van der Waals surface area contributed by atoms with E-state index in [2.05, 4.69) is 16.5 Å². The lowest BCUT2D eigenvalue weighted by Crippen LogP contribution is -2.45. The van der Waals surface area contributed by atoms with Crippen LogP contribution in [0.1, 0.15) is 25.0 Å². The Morgan fingerprint density at radius 3 is 2.91 bits per heavy atom. The normalized spacial score (nSPS) is 23.6. The summed E-state index contributed by atoms with van der Waals surface area (Å²) in [4.78, 5) is 2.28. The van der Waals surface area contributed by atoms with Gasteiger partial charge >= 0.3 is 0 Å². The molecule has 0 radical (unpaired) electrons. The van der Waals surface area contributed by atoms with Gasteiger partial charge in [-0.2, -0.15) is 0 Å². The number of hydrogen-bond acceptors (Lipinski definition) is 4. The van der Waals surface area contributed by atoms with E-state index in [1.54, 1.807) is 0 Å². The highest BCUT2D eigenvalue weighted by molar-refractivity contribution is 7.89. The minimum atomic E-state index is -3.13. The number of halogens is 1. The minimum absolute atomic E-state index is 0.0178. The third-order valence-corrected chi connectivity index (χ3v) is 5.64. The third kappa shape index (κ3) is 4.93. The first-order valence-electron chi connectivity index (χ1n) is 7.43. The second kappa shape index (κ2) is 7.75. The molecule has 0 spiro atoms. The molecule has 5 nitrogen and oxygen atoms in total. The average Bonchev–Trinajstić information content (AvgIpc) is 2.49. The first-order chi connectivity index (χ1) is 10.4. The van der Waals surface area contributed by atoms with Crippen molar-refractivity contribution in [3.63, 3.8) is 0 Å². The molecule has 2 rings (SSSR count). The molecule has 7 heteroatoms. The van der Waals surface area contributed by atoms with Crippen LogP contribution < -0.4 is 4.72 Å². The summed E-state index contributed by atoms with van der Waals surface area (Å²) in [6.45, 7) is 4.22. The summed E-state index contributed by atoms with van der Waals surface area (Å²) in [6, 6.07) is 7.98. The highest BCUT2D eigenvalue weighted by Crippen LogP contribution is 2.26. The Balaban J connectivity index is 1.94. The van der Waals surface area contributed by atoms with Crippen molar-refractivity contribution in [1.82, 2.24) is 9.62 Å². The van der Waals surface area contributed by atoms with Gasteiger partial charge in [-0.1, -0.05) is 23.7 Å². The van der Waals surface area contributed by atoms with Gasteiger partial charge in [0.05, 0.1) is 18.5 Å². The summed E-state index contributed by atoms with van der Waals surface area (Å²) in [7, 11) is -1.69. The number of nitrogens with one attached hydrogen (secondary N) is 1. The first kappa shape index (κ1) is 17.7. The molecule has 0 unspecified atom stereocenters. The Labute approximate surface area is 137 Å². The monoisotopic (exact) mass is 346 g/mol. The van der Waals surface area contributed by atoms with Crippen LogP contribution in [0.4, 0.5) is 0 Å². The highest BCUT2D eigenvalue weighted by Gasteiger charge is 2.27. The molecule has 124 valence electrons. The summed E-state index contributed by atoms with van der Waals surface area (Å²) >= 11 is 6.04. The van der Waals surface area contributed by atoms with Crippen LogP contribution in [0.15, 0.2) is 24.3 Å². The lowest BCUT2D eigenvalue weighted by molar-refractivity contribution is -0.0597. The zero-order chi connectivity index (χ0) is 16.2. The van der Waals surface area contributed by atoms with Gasteiger partial charge in [0, 0.05) is 17.6 Å². The molecule has 22 heavy (non-hydrogen) atoms. The molecule has 1 aliphatic rings. The van der Waals surface area contributed by atoms with Crippen molar-refractivity contribution in [3.05, 3.63) is 34.9 Å². The van der Waals surface area contributed by atoms with Crippen molar-refractivity contribution in [3.8, 4) is 0 Å². The molecule has 2 atom stereocenters. The summed E-state index contributed by atoms with van der Waals surface area (Å²) in [6.07, 6.45) is 0.589. The van der Waals surface area contributed by atoms with Crippen molar-refractivity contribution in [2.24, 2.45) is 0 Å². The maximum atomic E-state index is 11.5. The van der Waals surface area contributed by atoms with Gasteiger partial charge in [-0.25, -0.2) is 13.1 Å². The van der Waals surface area contributed by atoms with Gasteiger partial charge in [0.1, 0.15) is 0 Å². The van der Waals surface area contributed by atoms with E-state index in [0.717, 1.165) is 18.7 Å². The Morgan fingerprint density at radius 2 is 2.23 bits per heavy atom. The summed E-state index contributed by atoms with van der Waals surface area (Å²) in [5.41, 5.74) is 1.06. The number of rotatable bonds is 6. The summed E-state index contributed by atoms with van der Waals surface area (Å²) in [5.74, 6) is 0.148. The van der Waals surface area contributed by atoms with Gasteiger partial charge in [0.2, 0.25) is 10.0 Å². The number of benzene rings is 1. The number of nitrogens with zero attached hydrogens (tertiary/aromatic N) is 1. The molecule has 1 aromatic rings. The van der Waals surface area contributed by atoms with Gasteiger partial charge in [0.25, 0.3) is 0 Å². The second-order valence-corrected chi connectivity index (χ2v) is 8.08. The zero-order valence-corrected chi connectivity index (χ0v) is 14.5. The predicted molar refractivity (Wildman–Crippen MR) is 88.6 cm³/mol. The third-order valence-electron chi connectivity index (χ3n) is 3.95. The Morgan fingerprint density at radius 1 is 1.45 bits per heavy atom. The Kier molecular flexibility index (Phi) is 6.23. The molecular weight excluding hydrogens is 324 g/mol. The van der Waals surface area contributed by atoms with E-state index >= 15 is 0 Å². The number of sulfonamides is 1. The lowest BCUT2D eigenvalue weighted by atomic mass is 10.1. The quantitative estimate of drug-likeness (QED) is 0.856. The molecule has 0 amide bonds. The van der Waals surface area contributed by atoms with Gasteiger partial charge in [0.15, 0.2) is 0 Å².